The third-order valence-corrected chi connectivity index (χ3v) is 5.48. The van der Waals surface area contributed by atoms with Gasteiger partial charge in [-0.15, -0.1) is 0 Å². The van der Waals surface area contributed by atoms with Crippen molar-refractivity contribution in [2.45, 2.75) is 31.6 Å². The van der Waals surface area contributed by atoms with Crippen molar-refractivity contribution in [1.82, 2.24) is 5.32 Å². The van der Waals surface area contributed by atoms with Gasteiger partial charge in [-0.1, -0.05) is 11.6 Å². The maximum Gasteiger partial charge on any atom is 0.410 e. The summed E-state index contributed by atoms with van der Waals surface area (Å²) in [4.78, 5) is 37.4. The molecule has 0 saturated carbocycles. The van der Waals surface area contributed by atoms with E-state index in [1.807, 2.05) is 0 Å². The van der Waals surface area contributed by atoms with Gasteiger partial charge in [0.15, 0.2) is 5.82 Å². The number of alkyl carbamates (subject to hydrolysis) is 1. The lowest BCUT2D eigenvalue weighted by Crippen LogP contribution is -2.46. The molecular formula is C21H18ClF2N3O5. The van der Waals surface area contributed by atoms with Gasteiger partial charge in [-0.25, -0.2) is 13.6 Å². The number of ether oxygens (including phenoxy) is 1. The zero-order chi connectivity index (χ0) is 23.0. The average molecular weight is 466 g/mol. The molecule has 0 spiro atoms. The lowest BCUT2D eigenvalue weighted by molar-refractivity contribution is -0.175. The summed E-state index contributed by atoms with van der Waals surface area (Å²) in [6.45, 7) is -0.250. The van der Waals surface area contributed by atoms with Gasteiger partial charge >= 0.3 is 6.09 Å². The normalized spacial score (nSPS) is 20.1. The molecule has 1 unspecified atom stereocenters. The smallest absolute Gasteiger partial charge is 0.407 e. The number of nitrogens with one attached hydrogen (secondary N) is 2. The molecule has 1 saturated heterocycles. The lowest BCUT2D eigenvalue weighted by atomic mass is 10.0. The molecule has 2 aliphatic heterocycles. The topological polar surface area (TPSA) is 108 Å². The van der Waals surface area contributed by atoms with Gasteiger partial charge in [-0.2, -0.15) is 0 Å². The largest absolute Gasteiger partial charge is 0.410 e. The minimum atomic E-state index is -2.49. The van der Waals surface area contributed by atoms with Crippen LogP contribution < -0.4 is 15.5 Å². The van der Waals surface area contributed by atoms with Gasteiger partial charge in [-0.05, 0) is 42.3 Å². The Morgan fingerprint density at radius 2 is 2.03 bits per heavy atom. The molecule has 1 atom stereocenters. The number of carbonyl (C=O) groups is 3. The standard InChI is InChI=1S/C21H18ClF2N3O5/c22-12-7-11(8-13(23)9-12)10-25-20(30)32-21(31)5-6-27(19(21)29)16-3-2-15-14(18(16)24)1-4-17(28)26-15/h2-3,7-9,31H,1,4-6,10H2,(H,25,30)(H,26,28). The quantitative estimate of drug-likeness (QED) is 0.602. The second-order valence-corrected chi connectivity index (χ2v) is 7.92. The second-order valence-electron chi connectivity index (χ2n) is 7.48. The summed E-state index contributed by atoms with van der Waals surface area (Å²) in [6.07, 6.45) is -1.10. The number of fused-ring (bicyclic) bond motifs is 1. The lowest BCUT2D eigenvalue weighted by Gasteiger charge is -2.25. The van der Waals surface area contributed by atoms with Crippen molar-refractivity contribution >= 4 is 40.9 Å². The minimum absolute atomic E-state index is 0.0840. The van der Waals surface area contributed by atoms with Crippen LogP contribution in [0.5, 0.6) is 0 Å². The van der Waals surface area contributed by atoms with Crippen molar-refractivity contribution in [2.24, 2.45) is 0 Å². The molecule has 0 radical (unpaired) electrons. The molecule has 2 heterocycles. The molecule has 3 amide bonds. The van der Waals surface area contributed by atoms with Crippen molar-refractivity contribution < 1.29 is 33.0 Å². The third kappa shape index (κ3) is 4.23. The molecule has 3 N–H and O–H groups in total. The number of benzene rings is 2. The van der Waals surface area contributed by atoms with E-state index in [0.717, 1.165) is 17.0 Å². The van der Waals surface area contributed by atoms with Crippen LogP contribution in [0.3, 0.4) is 0 Å². The zero-order valence-electron chi connectivity index (χ0n) is 16.6. The summed E-state index contributed by atoms with van der Waals surface area (Å²) in [5, 5.41) is 15.6. The molecule has 11 heteroatoms. The monoisotopic (exact) mass is 465 g/mol. The van der Waals surface area contributed by atoms with Gasteiger partial charge < -0.3 is 25.4 Å². The van der Waals surface area contributed by atoms with Crippen LogP contribution in [-0.4, -0.2) is 35.3 Å². The predicted octanol–water partition coefficient (Wildman–Crippen LogP) is 2.85. The van der Waals surface area contributed by atoms with Crippen LogP contribution in [0, 0.1) is 11.6 Å². The van der Waals surface area contributed by atoms with E-state index in [1.165, 1.54) is 18.2 Å². The molecule has 32 heavy (non-hydrogen) atoms. The summed E-state index contributed by atoms with van der Waals surface area (Å²) in [6, 6.07) is 6.49. The van der Waals surface area contributed by atoms with E-state index in [2.05, 4.69) is 10.6 Å². The summed E-state index contributed by atoms with van der Waals surface area (Å²) in [7, 11) is 0. The maximum atomic E-state index is 15.0. The van der Waals surface area contributed by atoms with Crippen molar-refractivity contribution in [3.63, 3.8) is 0 Å². The first-order valence-corrected chi connectivity index (χ1v) is 10.1. The van der Waals surface area contributed by atoms with E-state index in [4.69, 9.17) is 16.3 Å². The number of halogens is 3. The Morgan fingerprint density at radius 1 is 1.25 bits per heavy atom. The Balaban J connectivity index is 1.44. The van der Waals surface area contributed by atoms with E-state index >= 15 is 4.39 Å². The predicted molar refractivity (Wildman–Crippen MR) is 110 cm³/mol. The van der Waals surface area contributed by atoms with Crippen LogP contribution in [0.15, 0.2) is 30.3 Å². The van der Waals surface area contributed by atoms with Crippen LogP contribution in [0.4, 0.5) is 25.0 Å². The van der Waals surface area contributed by atoms with E-state index in [9.17, 15) is 23.9 Å². The molecule has 8 nitrogen and oxygen atoms in total. The first-order valence-electron chi connectivity index (χ1n) is 9.74. The van der Waals surface area contributed by atoms with E-state index in [1.54, 1.807) is 0 Å². The molecule has 4 rings (SSSR count). The third-order valence-electron chi connectivity index (χ3n) is 5.26. The Kier molecular flexibility index (Phi) is 5.74. The van der Waals surface area contributed by atoms with Gasteiger partial charge in [0.25, 0.3) is 11.7 Å². The number of hydrogen-bond donors (Lipinski definition) is 3. The van der Waals surface area contributed by atoms with Gasteiger partial charge in [0.2, 0.25) is 5.91 Å². The van der Waals surface area contributed by atoms with Crippen molar-refractivity contribution in [1.29, 1.82) is 0 Å². The fourth-order valence-corrected chi connectivity index (χ4v) is 3.96. The highest BCUT2D eigenvalue weighted by molar-refractivity contribution is 6.30. The Hall–Kier alpha value is -3.24. The fraction of sp³-hybridized carbons (Fsp3) is 0.286. The summed E-state index contributed by atoms with van der Waals surface area (Å²) >= 11 is 5.76. The molecule has 0 bridgehead atoms. The number of rotatable bonds is 4. The first-order chi connectivity index (χ1) is 15.2. The number of anilines is 2. The van der Waals surface area contributed by atoms with Crippen LogP contribution in [0.1, 0.15) is 24.0 Å². The number of carbonyl (C=O) groups excluding carboxylic acids is 3. The number of aliphatic hydroxyl groups is 1. The molecule has 0 aromatic heterocycles. The fourth-order valence-electron chi connectivity index (χ4n) is 3.71. The highest BCUT2D eigenvalue weighted by Crippen LogP contribution is 2.36. The Morgan fingerprint density at radius 3 is 2.78 bits per heavy atom. The minimum Gasteiger partial charge on any atom is -0.407 e. The van der Waals surface area contributed by atoms with Crippen LogP contribution in [0.25, 0.3) is 0 Å². The molecule has 2 aromatic carbocycles. The van der Waals surface area contributed by atoms with Crippen molar-refractivity contribution in [3.05, 3.63) is 58.1 Å². The SMILES string of the molecule is O=C1CCc2c(ccc(N3CCC(O)(OC(=O)NCc4cc(F)cc(Cl)c4)C3=O)c2F)N1. The van der Waals surface area contributed by atoms with Gasteiger partial charge in [0.05, 0.1) is 5.69 Å². The van der Waals surface area contributed by atoms with E-state index in [-0.39, 0.29) is 54.5 Å². The first kappa shape index (κ1) is 22.0. The van der Waals surface area contributed by atoms with E-state index < -0.39 is 29.4 Å². The average Bonchev–Trinajstić information content (AvgIpc) is 3.00. The summed E-state index contributed by atoms with van der Waals surface area (Å²) in [5.74, 6) is -4.99. The number of amides is 3. The number of nitrogens with zero attached hydrogens (tertiary/aromatic N) is 1. The van der Waals surface area contributed by atoms with Crippen LogP contribution in [0.2, 0.25) is 5.02 Å². The van der Waals surface area contributed by atoms with Crippen LogP contribution in [-0.2, 0) is 27.3 Å². The summed E-state index contributed by atoms with van der Waals surface area (Å²) < 4.78 is 33.3. The molecular weight excluding hydrogens is 448 g/mol. The second kappa shape index (κ2) is 8.36. The number of hydrogen-bond acceptors (Lipinski definition) is 5. The van der Waals surface area contributed by atoms with Gasteiger partial charge in [0, 0.05) is 42.2 Å². The Labute approximate surface area is 186 Å². The maximum absolute atomic E-state index is 15.0. The van der Waals surface area contributed by atoms with Crippen molar-refractivity contribution in [3.8, 4) is 0 Å². The van der Waals surface area contributed by atoms with Crippen LogP contribution >= 0.6 is 11.6 Å². The van der Waals surface area contributed by atoms with Gasteiger partial charge in [0.1, 0.15) is 5.82 Å². The summed E-state index contributed by atoms with van der Waals surface area (Å²) in [5.41, 5.74) is 0.857. The highest BCUT2D eigenvalue weighted by atomic mass is 35.5. The highest BCUT2D eigenvalue weighted by Gasteiger charge is 2.50. The van der Waals surface area contributed by atoms with Crippen molar-refractivity contribution in [2.75, 3.05) is 16.8 Å². The zero-order valence-corrected chi connectivity index (χ0v) is 17.3. The molecule has 0 aliphatic carbocycles. The van der Waals surface area contributed by atoms with Gasteiger partial charge in [-0.3, -0.25) is 9.59 Å². The molecule has 2 aliphatic rings. The molecule has 1 fully saturated rings. The molecule has 2 aromatic rings. The molecule has 168 valence electrons. The van der Waals surface area contributed by atoms with E-state index in [0.29, 0.717) is 11.3 Å². The Bertz CT molecular complexity index is 1110.